The third-order valence-electron chi connectivity index (χ3n) is 6.98. The quantitative estimate of drug-likeness (QED) is 0.327. The molecule has 4 rings (SSSR count). The maximum atomic E-state index is 14.9. The molecule has 0 bridgehead atoms. The fourth-order valence-corrected chi connectivity index (χ4v) is 4.99. The first-order valence-electron chi connectivity index (χ1n) is 12.6. The van der Waals surface area contributed by atoms with Crippen LogP contribution in [0.2, 0.25) is 5.02 Å². The molecular formula is C29H33ClFN5O2. The van der Waals surface area contributed by atoms with Gasteiger partial charge in [0.2, 0.25) is 0 Å². The summed E-state index contributed by atoms with van der Waals surface area (Å²) < 4.78 is 17.8. The van der Waals surface area contributed by atoms with E-state index < -0.39 is 5.82 Å². The van der Waals surface area contributed by atoms with Gasteiger partial charge in [-0.05, 0) is 69.0 Å². The SMILES string of the molecule is C=N/C(=C\C(=C/C)c1cc(F)cc(-c2ccc(-n3ccn(C)c3=O)c(Cl)c2)c1O)N1CCN(C(C)C)CC1. The number of hydrogen-bond donors (Lipinski definition) is 1. The van der Waals surface area contributed by atoms with Gasteiger partial charge in [0.1, 0.15) is 17.4 Å². The van der Waals surface area contributed by atoms with Crippen LogP contribution in [-0.4, -0.2) is 63.0 Å². The Hall–Kier alpha value is -3.62. The van der Waals surface area contributed by atoms with Crippen LogP contribution in [0.4, 0.5) is 4.39 Å². The number of phenols is 1. The summed E-state index contributed by atoms with van der Waals surface area (Å²) in [5.41, 5.74) is 2.03. The molecule has 1 saturated heterocycles. The van der Waals surface area contributed by atoms with Gasteiger partial charge in [-0.3, -0.25) is 9.47 Å². The van der Waals surface area contributed by atoms with E-state index in [9.17, 15) is 14.3 Å². The molecule has 200 valence electrons. The molecule has 0 aliphatic carbocycles. The highest BCUT2D eigenvalue weighted by molar-refractivity contribution is 6.32. The molecule has 1 aliphatic heterocycles. The van der Waals surface area contributed by atoms with E-state index in [0.717, 1.165) is 26.2 Å². The molecule has 1 N–H and O–H groups in total. The Labute approximate surface area is 227 Å². The van der Waals surface area contributed by atoms with Gasteiger partial charge in [-0.2, -0.15) is 0 Å². The molecule has 9 heteroatoms. The van der Waals surface area contributed by atoms with Gasteiger partial charge in [-0.15, -0.1) is 0 Å². The molecule has 1 fully saturated rings. The predicted molar refractivity (Wildman–Crippen MR) is 153 cm³/mol. The number of rotatable bonds is 7. The zero-order chi connectivity index (χ0) is 27.6. The number of phenolic OH excluding ortho intramolecular Hbond substituents is 1. The van der Waals surface area contributed by atoms with E-state index in [0.29, 0.717) is 44.8 Å². The average molecular weight is 538 g/mol. The van der Waals surface area contributed by atoms with Crippen molar-refractivity contribution >= 4 is 23.9 Å². The molecule has 2 heterocycles. The van der Waals surface area contributed by atoms with Crippen molar-refractivity contribution in [2.45, 2.75) is 26.8 Å². The minimum Gasteiger partial charge on any atom is -0.507 e. The second-order valence-electron chi connectivity index (χ2n) is 9.60. The Morgan fingerprint density at radius 3 is 2.42 bits per heavy atom. The van der Waals surface area contributed by atoms with Crippen molar-refractivity contribution in [3.63, 3.8) is 0 Å². The normalized spacial score (nSPS) is 15.4. The lowest BCUT2D eigenvalue weighted by molar-refractivity contribution is 0.129. The van der Waals surface area contributed by atoms with Gasteiger partial charge >= 0.3 is 5.69 Å². The summed E-state index contributed by atoms with van der Waals surface area (Å²) in [6.45, 7) is 13.4. The molecule has 0 spiro atoms. The van der Waals surface area contributed by atoms with Crippen molar-refractivity contribution in [1.82, 2.24) is 18.9 Å². The first-order valence-corrected chi connectivity index (χ1v) is 12.9. The molecule has 7 nitrogen and oxygen atoms in total. The van der Waals surface area contributed by atoms with Crippen molar-refractivity contribution in [3.8, 4) is 22.6 Å². The van der Waals surface area contributed by atoms with Gasteiger partial charge in [0.15, 0.2) is 0 Å². The molecule has 1 aliphatic rings. The molecule has 1 aromatic heterocycles. The minimum atomic E-state index is -0.501. The fraction of sp³-hybridized carbons (Fsp3) is 0.310. The lowest BCUT2D eigenvalue weighted by Gasteiger charge is -2.38. The number of benzene rings is 2. The molecule has 0 radical (unpaired) electrons. The molecule has 0 amide bonds. The van der Waals surface area contributed by atoms with Gasteiger partial charge in [0.05, 0.1) is 10.7 Å². The standard InChI is InChI=1S/C29H33ClFN5O2/c1-6-20(16-27(32-4)35-12-10-34(11-13-35)19(2)3)23-17-22(31)18-24(28(23)37)21-7-8-26(25(30)15-21)36-14-9-33(5)29(36)38/h6-9,14-19,37H,4,10-13H2,1-3,5H3/b20-6+,27-16+. The predicted octanol–water partition coefficient (Wildman–Crippen LogP) is 5.31. The third kappa shape index (κ3) is 5.47. The molecule has 0 unspecified atom stereocenters. The van der Waals surface area contributed by atoms with Crippen LogP contribution in [0.25, 0.3) is 22.4 Å². The van der Waals surface area contributed by atoms with E-state index in [4.69, 9.17) is 11.6 Å². The van der Waals surface area contributed by atoms with Crippen LogP contribution in [0.1, 0.15) is 26.3 Å². The van der Waals surface area contributed by atoms with E-state index in [-0.39, 0.29) is 11.4 Å². The van der Waals surface area contributed by atoms with Crippen molar-refractivity contribution in [2.24, 2.45) is 12.0 Å². The van der Waals surface area contributed by atoms with E-state index in [1.165, 1.54) is 21.3 Å². The van der Waals surface area contributed by atoms with Gasteiger partial charge in [-0.1, -0.05) is 23.7 Å². The number of piperazine rings is 1. The number of hydrogen-bond acceptors (Lipinski definition) is 5. The largest absolute Gasteiger partial charge is 0.507 e. The summed E-state index contributed by atoms with van der Waals surface area (Å²) in [5, 5.41) is 11.6. The van der Waals surface area contributed by atoms with Crippen LogP contribution in [0.5, 0.6) is 5.75 Å². The Bertz CT molecular complexity index is 1460. The highest BCUT2D eigenvalue weighted by atomic mass is 35.5. The van der Waals surface area contributed by atoms with E-state index in [1.54, 1.807) is 37.6 Å². The van der Waals surface area contributed by atoms with Gasteiger partial charge in [0, 0.05) is 62.8 Å². The molecule has 3 aromatic rings. The number of nitrogens with zero attached hydrogens (tertiary/aromatic N) is 5. The lowest BCUT2D eigenvalue weighted by atomic mass is 9.96. The van der Waals surface area contributed by atoms with Crippen LogP contribution < -0.4 is 5.69 Å². The van der Waals surface area contributed by atoms with Crippen molar-refractivity contribution in [3.05, 3.63) is 87.6 Å². The monoisotopic (exact) mass is 537 g/mol. The first kappa shape index (κ1) is 27.4. The number of halogens is 2. The molecule has 0 atom stereocenters. The van der Waals surface area contributed by atoms with E-state index >= 15 is 0 Å². The van der Waals surface area contributed by atoms with Gasteiger partial charge in [-0.25, -0.2) is 14.2 Å². The summed E-state index contributed by atoms with van der Waals surface area (Å²) in [6, 6.07) is 8.05. The lowest BCUT2D eigenvalue weighted by Crippen LogP contribution is -2.48. The zero-order valence-electron chi connectivity index (χ0n) is 22.2. The number of aryl methyl sites for hydroxylation is 1. The van der Waals surface area contributed by atoms with Crippen molar-refractivity contribution in [1.29, 1.82) is 0 Å². The number of aliphatic imine (C=N–C) groups is 1. The zero-order valence-corrected chi connectivity index (χ0v) is 22.9. The average Bonchev–Trinajstić information content (AvgIpc) is 3.23. The number of imidazole rings is 1. The number of aromatic hydroxyl groups is 1. The summed E-state index contributed by atoms with van der Waals surface area (Å²) in [7, 11) is 1.65. The Morgan fingerprint density at radius 2 is 1.87 bits per heavy atom. The van der Waals surface area contributed by atoms with Gasteiger partial charge in [0.25, 0.3) is 0 Å². The molecular weight excluding hydrogens is 505 g/mol. The molecule has 0 saturated carbocycles. The second kappa shape index (κ2) is 11.4. The second-order valence-corrected chi connectivity index (χ2v) is 10.0. The highest BCUT2D eigenvalue weighted by Gasteiger charge is 2.21. The fourth-order valence-electron chi connectivity index (χ4n) is 4.72. The Kier molecular flexibility index (Phi) is 8.23. The van der Waals surface area contributed by atoms with Crippen LogP contribution >= 0.6 is 11.6 Å². The smallest absolute Gasteiger partial charge is 0.332 e. The third-order valence-corrected chi connectivity index (χ3v) is 7.28. The maximum absolute atomic E-state index is 14.9. The highest BCUT2D eigenvalue weighted by Crippen LogP contribution is 2.39. The first-order chi connectivity index (χ1) is 18.1. The van der Waals surface area contributed by atoms with Crippen LogP contribution in [-0.2, 0) is 7.05 Å². The number of aromatic nitrogens is 2. The summed E-state index contributed by atoms with van der Waals surface area (Å²) in [6.07, 6.45) is 6.90. The molecule has 2 aromatic carbocycles. The topological polar surface area (TPSA) is 66.0 Å². The van der Waals surface area contributed by atoms with E-state index in [2.05, 4.69) is 35.4 Å². The van der Waals surface area contributed by atoms with Crippen LogP contribution in [0, 0.1) is 5.82 Å². The minimum absolute atomic E-state index is 0.0792. The van der Waals surface area contributed by atoms with Gasteiger partial charge < -0.3 is 14.6 Å². The molecule has 38 heavy (non-hydrogen) atoms. The summed E-state index contributed by atoms with van der Waals surface area (Å²) in [4.78, 5) is 21.1. The maximum Gasteiger partial charge on any atom is 0.332 e. The van der Waals surface area contributed by atoms with Crippen molar-refractivity contribution < 1.29 is 9.50 Å². The number of allylic oxidation sites excluding steroid dienone is 3. The Balaban J connectivity index is 1.69. The van der Waals surface area contributed by atoms with Crippen LogP contribution in [0.3, 0.4) is 0 Å². The van der Waals surface area contributed by atoms with Crippen LogP contribution in [0.15, 0.2) is 70.5 Å². The summed E-state index contributed by atoms with van der Waals surface area (Å²) in [5.74, 6) is 0.0931. The van der Waals surface area contributed by atoms with E-state index in [1.807, 2.05) is 19.1 Å². The Morgan fingerprint density at radius 1 is 1.16 bits per heavy atom. The summed E-state index contributed by atoms with van der Waals surface area (Å²) >= 11 is 6.53. The van der Waals surface area contributed by atoms with Crippen molar-refractivity contribution in [2.75, 3.05) is 26.2 Å².